The van der Waals surface area contributed by atoms with E-state index in [2.05, 4.69) is 0 Å². The maximum atomic E-state index is 13.3. The highest BCUT2D eigenvalue weighted by Gasteiger charge is 2.14. The van der Waals surface area contributed by atoms with Gasteiger partial charge in [-0.25, -0.2) is 4.39 Å². The number of rotatable bonds is 4. The second-order valence-electron chi connectivity index (χ2n) is 4.20. The number of halogens is 1. The van der Waals surface area contributed by atoms with Crippen molar-refractivity contribution in [3.8, 4) is 16.9 Å². The van der Waals surface area contributed by atoms with Crippen molar-refractivity contribution in [2.75, 3.05) is 7.11 Å². The number of hydrogen-bond acceptors (Lipinski definition) is 3. The van der Waals surface area contributed by atoms with Gasteiger partial charge in [-0.2, -0.15) is 0 Å². The van der Waals surface area contributed by atoms with E-state index in [4.69, 9.17) is 16.2 Å². The molecule has 4 N–H and O–H groups in total. The van der Waals surface area contributed by atoms with Crippen LogP contribution in [-0.2, 0) is 13.1 Å². The van der Waals surface area contributed by atoms with E-state index in [0.717, 1.165) is 22.3 Å². The van der Waals surface area contributed by atoms with Gasteiger partial charge in [-0.1, -0.05) is 18.2 Å². The Labute approximate surface area is 112 Å². The largest absolute Gasteiger partial charge is 0.496 e. The van der Waals surface area contributed by atoms with E-state index in [0.29, 0.717) is 12.3 Å². The molecule has 0 saturated heterocycles. The zero-order chi connectivity index (χ0) is 13.8. The van der Waals surface area contributed by atoms with Crippen LogP contribution in [0.5, 0.6) is 5.75 Å². The van der Waals surface area contributed by atoms with Gasteiger partial charge in [-0.15, -0.1) is 0 Å². The van der Waals surface area contributed by atoms with E-state index >= 15 is 0 Å². The molecular formula is C15H17FN2O. The quantitative estimate of drug-likeness (QED) is 0.887. The molecule has 0 bridgehead atoms. The molecule has 0 aromatic heterocycles. The standard InChI is InChI=1S/C15H17FN2O/c1-19-14-4-2-3-10(8-17)15(14)13-6-5-12(16)7-11(13)9-18/h2-7H,8-9,17-18H2,1H3. The number of ether oxygens (including phenoxy) is 1. The van der Waals surface area contributed by atoms with E-state index in [1.165, 1.54) is 12.1 Å². The Morgan fingerprint density at radius 3 is 2.42 bits per heavy atom. The van der Waals surface area contributed by atoms with Gasteiger partial charge < -0.3 is 16.2 Å². The van der Waals surface area contributed by atoms with Crippen molar-refractivity contribution in [3.63, 3.8) is 0 Å². The fraction of sp³-hybridized carbons (Fsp3) is 0.200. The number of nitrogens with two attached hydrogens (primary N) is 2. The summed E-state index contributed by atoms with van der Waals surface area (Å²) < 4.78 is 18.7. The smallest absolute Gasteiger partial charge is 0.127 e. The molecule has 0 atom stereocenters. The van der Waals surface area contributed by atoms with Gasteiger partial charge in [-0.3, -0.25) is 0 Å². The Kier molecular flexibility index (Phi) is 4.14. The molecule has 0 radical (unpaired) electrons. The topological polar surface area (TPSA) is 61.3 Å². The van der Waals surface area contributed by atoms with Crippen LogP contribution >= 0.6 is 0 Å². The Morgan fingerprint density at radius 1 is 1.05 bits per heavy atom. The minimum atomic E-state index is -0.298. The van der Waals surface area contributed by atoms with Crippen molar-refractivity contribution in [1.29, 1.82) is 0 Å². The average Bonchev–Trinajstić information content (AvgIpc) is 2.46. The van der Waals surface area contributed by atoms with Crippen LogP contribution in [0.2, 0.25) is 0 Å². The second kappa shape index (κ2) is 5.82. The number of benzene rings is 2. The summed E-state index contributed by atoms with van der Waals surface area (Å²) >= 11 is 0. The molecule has 0 aliphatic carbocycles. The van der Waals surface area contributed by atoms with Gasteiger partial charge in [0.05, 0.1) is 7.11 Å². The predicted molar refractivity (Wildman–Crippen MR) is 74.2 cm³/mol. The predicted octanol–water partition coefficient (Wildman–Crippen LogP) is 2.42. The number of hydrogen-bond donors (Lipinski definition) is 2. The summed E-state index contributed by atoms with van der Waals surface area (Å²) in [6.07, 6.45) is 0. The second-order valence-corrected chi connectivity index (χ2v) is 4.20. The summed E-state index contributed by atoms with van der Waals surface area (Å²) in [4.78, 5) is 0. The maximum Gasteiger partial charge on any atom is 0.127 e. The van der Waals surface area contributed by atoms with Crippen LogP contribution in [0.25, 0.3) is 11.1 Å². The highest BCUT2D eigenvalue weighted by Crippen LogP contribution is 2.35. The van der Waals surface area contributed by atoms with Crippen LogP contribution in [0, 0.1) is 5.82 Å². The van der Waals surface area contributed by atoms with Crippen LogP contribution in [0.3, 0.4) is 0 Å². The maximum absolute atomic E-state index is 13.3. The van der Waals surface area contributed by atoms with E-state index in [1.54, 1.807) is 13.2 Å². The first-order valence-electron chi connectivity index (χ1n) is 6.06. The highest BCUT2D eigenvalue weighted by molar-refractivity contribution is 5.76. The Balaban J connectivity index is 2.70. The molecule has 0 spiro atoms. The van der Waals surface area contributed by atoms with Crippen molar-refractivity contribution < 1.29 is 9.13 Å². The fourth-order valence-electron chi connectivity index (χ4n) is 2.20. The van der Waals surface area contributed by atoms with E-state index < -0.39 is 0 Å². The van der Waals surface area contributed by atoms with Crippen molar-refractivity contribution in [2.45, 2.75) is 13.1 Å². The van der Waals surface area contributed by atoms with Crippen LogP contribution < -0.4 is 16.2 Å². The third kappa shape index (κ3) is 2.59. The molecule has 2 rings (SSSR count). The van der Waals surface area contributed by atoms with Crippen LogP contribution in [0.4, 0.5) is 4.39 Å². The Hall–Kier alpha value is -1.91. The van der Waals surface area contributed by atoms with Gasteiger partial charge in [0, 0.05) is 18.7 Å². The molecule has 3 nitrogen and oxygen atoms in total. The lowest BCUT2D eigenvalue weighted by Gasteiger charge is -2.16. The Bertz CT molecular complexity index is 562. The van der Waals surface area contributed by atoms with Gasteiger partial charge >= 0.3 is 0 Å². The molecule has 4 heteroatoms. The van der Waals surface area contributed by atoms with Gasteiger partial charge in [0.15, 0.2) is 0 Å². The third-order valence-electron chi connectivity index (χ3n) is 3.11. The first-order chi connectivity index (χ1) is 9.21. The fourth-order valence-corrected chi connectivity index (χ4v) is 2.20. The molecular weight excluding hydrogens is 243 g/mol. The third-order valence-corrected chi connectivity index (χ3v) is 3.11. The molecule has 100 valence electrons. The SMILES string of the molecule is COc1cccc(CN)c1-c1ccc(F)cc1CN. The van der Waals surface area contributed by atoms with Gasteiger partial charge in [0.25, 0.3) is 0 Å². The molecule has 0 heterocycles. The normalized spacial score (nSPS) is 10.5. The average molecular weight is 260 g/mol. The summed E-state index contributed by atoms with van der Waals surface area (Å²) in [7, 11) is 1.60. The van der Waals surface area contributed by atoms with Crippen molar-refractivity contribution >= 4 is 0 Å². The van der Waals surface area contributed by atoms with Crippen molar-refractivity contribution in [2.24, 2.45) is 11.5 Å². The molecule has 0 aliphatic heterocycles. The monoisotopic (exact) mass is 260 g/mol. The van der Waals surface area contributed by atoms with E-state index in [-0.39, 0.29) is 12.4 Å². The van der Waals surface area contributed by atoms with Crippen LogP contribution in [0.15, 0.2) is 36.4 Å². The van der Waals surface area contributed by atoms with E-state index in [1.807, 2.05) is 18.2 Å². The van der Waals surface area contributed by atoms with Gasteiger partial charge in [0.2, 0.25) is 0 Å². The molecule has 0 aliphatic rings. The Morgan fingerprint density at radius 2 is 1.79 bits per heavy atom. The summed E-state index contributed by atoms with van der Waals surface area (Å²) in [6, 6.07) is 10.3. The number of methoxy groups -OCH3 is 1. The molecule has 0 saturated carbocycles. The van der Waals surface area contributed by atoms with Crippen molar-refractivity contribution in [1.82, 2.24) is 0 Å². The van der Waals surface area contributed by atoms with Crippen LogP contribution in [-0.4, -0.2) is 7.11 Å². The molecule has 0 fully saturated rings. The molecule has 0 amide bonds. The van der Waals surface area contributed by atoms with Crippen LogP contribution in [0.1, 0.15) is 11.1 Å². The highest BCUT2D eigenvalue weighted by atomic mass is 19.1. The molecule has 2 aromatic carbocycles. The molecule has 0 unspecified atom stereocenters. The van der Waals surface area contributed by atoms with E-state index in [9.17, 15) is 4.39 Å². The summed E-state index contributed by atoms with van der Waals surface area (Å²) in [5.41, 5.74) is 14.9. The minimum absolute atomic E-state index is 0.259. The molecule has 2 aromatic rings. The minimum Gasteiger partial charge on any atom is -0.496 e. The first kappa shape index (κ1) is 13.5. The van der Waals surface area contributed by atoms with Crippen molar-refractivity contribution in [3.05, 3.63) is 53.3 Å². The molecule has 19 heavy (non-hydrogen) atoms. The lowest BCUT2D eigenvalue weighted by atomic mass is 9.94. The van der Waals surface area contributed by atoms with Gasteiger partial charge in [-0.05, 0) is 34.9 Å². The zero-order valence-corrected chi connectivity index (χ0v) is 10.8. The van der Waals surface area contributed by atoms with Gasteiger partial charge in [0.1, 0.15) is 11.6 Å². The first-order valence-corrected chi connectivity index (χ1v) is 6.06. The summed E-state index contributed by atoms with van der Waals surface area (Å²) in [5, 5.41) is 0. The lowest BCUT2D eigenvalue weighted by molar-refractivity contribution is 0.416. The summed E-state index contributed by atoms with van der Waals surface area (Å²) in [5.74, 6) is 0.414. The summed E-state index contributed by atoms with van der Waals surface area (Å²) in [6.45, 7) is 0.642. The lowest BCUT2D eigenvalue weighted by Crippen LogP contribution is -2.05. The zero-order valence-electron chi connectivity index (χ0n) is 10.8.